The number of aryl methyl sites for hydroxylation is 2. The molecule has 0 aliphatic heterocycles. The molecule has 0 fully saturated rings. The summed E-state index contributed by atoms with van der Waals surface area (Å²) < 4.78 is 7.93. The highest BCUT2D eigenvalue weighted by Crippen LogP contribution is 2.20. The van der Waals surface area contributed by atoms with Crippen LogP contribution < -0.4 is 5.32 Å². The van der Waals surface area contributed by atoms with Crippen LogP contribution in [0.4, 0.5) is 5.69 Å². The topological polar surface area (TPSA) is 91.0 Å². The molecule has 3 rings (SSSR count). The fourth-order valence-corrected chi connectivity index (χ4v) is 2.97. The van der Waals surface area contributed by atoms with Gasteiger partial charge < -0.3 is 10.1 Å². The van der Waals surface area contributed by atoms with Gasteiger partial charge in [0.25, 0.3) is 5.91 Å². The number of halogens is 1. The minimum absolute atomic E-state index is 0.0480. The molecule has 0 aliphatic carbocycles. The van der Waals surface area contributed by atoms with Gasteiger partial charge in [-0.2, -0.15) is 10.2 Å². The Kier molecular flexibility index (Phi) is 5.51. The second-order valence-electron chi connectivity index (χ2n) is 6.35. The number of benzene rings is 1. The van der Waals surface area contributed by atoms with E-state index < -0.39 is 5.97 Å². The Hall–Kier alpha value is -3.13. The first-order chi connectivity index (χ1) is 13.3. The molecule has 0 radical (unpaired) electrons. The number of esters is 1. The largest absolute Gasteiger partial charge is 0.464 e. The molecule has 8 nitrogen and oxygen atoms in total. The van der Waals surface area contributed by atoms with Gasteiger partial charge in [-0.15, -0.1) is 0 Å². The number of hydrogen-bond acceptors (Lipinski definition) is 5. The van der Waals surface area contributed by atoms with Crippen LogP contribution in [0.3, 0.4) is 0 Å². The Balaban J connectivity index is 1.81. The quantitative estimate of drug-likeness (QED) is 0.663. The molecule has 0 aliphatic rings. The van der Waals surface area contributed by atoms with E-state index >= 15 is 0 Å². The average Bonchev–Trinajstić information content (AvgIpc) is 3.15. The Morgan fingerprint density at radius 1 is 1.25 bits per heavy atom. The summed E-state index contributed by atoms with van der Waals surface area (Å²) in [7, 11) is 2.92. The lowest BCUT2D eigenvalue weighted by Gasteiger charge is -2.08. The number of anilines is 1. The predicted octanol–water partition coefficient (Wildman–Crippen LogP) is 2.97. The van der Waals surface area contributed by atoms with E-state index in [9.17, 15) is 9.59 Å². The number of ether oxygens (including phenoxy) is 1. The van der Waals surface area contributed by atoms with Crippen molar-refractivity contribution in [1.82, 2.24) is 19.6 Å². The van der Waals surface area contributed by atoms with Crippen molar-refractivity contribution in [1.29, 1.82) is 0 Å². The van der Waals surface area contributed by atoms with Crippen molar-refractivity contribution < 1.29 is 14.3 Å². The van der Waals surface area contributed by atoms with Gasteiger partial charge >= 0.3 is 5.97 Å². The Morgan fingerprint density at radius 2 is 2.00 bits per heavy atom. The molecule has 0 saturated heterocycles. The van der Waals surface area contributed by atoms with E-state index in [1.54, 1.807) is 36.1 Å². The van der Waals surface area contributed by atoms with Crippen LogP contribution in [-0.2, 0) is 18.3 Å². The highest BCUT2D eigenvalue weighted by atomic mass is 35.5. The molecular weight excluding hydrogens is 382 g/mol. The molecule has 0 spiro atoms. The highest BCUT2D eigenvalue weighted by Gasteiger charge is 2.19. The van der Waals surface area contributed by atoms with Crippen LogP contribution in [0.15, 0.2) is 30.5 Å². The van der Waals surface area contributed by atoms with Crippen LogP contribution in [0.2, 0.25) is 5.02 Å². The van der Waals surface area contributed by atoms with Crippen LogP contribution in [-0.4, -0.2) is 38.5 Å². The van der Waals surface area contributed by atoms with Crippen LogP contribution in [0.5, 0.6) is 0 Å². The van der Waals surface area contributed by atoms with Gasteiger partial charge in [-0.3, -0.25) is 14.2 Å². The van der Waals surface area contributed by atoms with E-state index in [1.807, 2.05) is 19.9 Å². The summed E-state index contributed by atoms with van der Waals surface area (Å²) in [6, 6.07) is 7.17. The van der Waals surface area contributed by atoms with Crippen molar-refractivity contribution in [2.45, 2.75) is 20.4 Å². The van der Waals surface area contributed by atoms with E-state index in [-0.39, 0.29) is 17.3 Å². The predicted molar refractivity (Wildman–Crippen MR) is 105 cm³/mol. The number of hydrogen-bond donors (Lipinski definition) is 1. The fourth-order valence-electron chi connectivity index (χ4n) is 2.83. The molecule has 2 aromatic heterocycles. The highest BCUT2D eigenvalue weighted by molar-refractivity contribution is 6.31. The lowest BCUT2D eigenvalue weighted by atomic mass is 10.1. The molecule has 1 N–H and O–H groups in total. The summed E-state index contributed by atoms with van der Waals surface area (Å²) in [5.74, 6) is -0.975. The lowest BCUT2D eigenvalue weighted by molar-refractivity contribution is 0.0594. The summed E-state index contributed by atoms with van der Waals surface area (Å²) in [6.45, 7) is 4.24. The Bertz CT molecular complexity index is 1050. The fraction of sp³-hybridized carbons (Fsp3) is 0.263. The molecule has 1 amide bonds. The van der Waals surface area contributed by atoms with Gasteiger partial charge in [-0.05, 0) is 31.5 Å². The normalized spacial score (nSPS) is 10.8. The summed E-state index contributed by atoms with van der Waals surface area (Å²) in [5.41, 5.74) is 3.31. The molecule has 9 heteroatoms. The number of aromatic nitrogens is 4. The second kappa shape index (κ2) is 7.85. The van der Waals surface area contributed by atoms with Crippen LogP contribution >= 0.6 is 11.6 Å². The zero-order valence-corrected chi connectivity index (χ0v) is 16.7. The van der Waals surface area contributed by atoms with Crippen molar-refractivity contribution in [3.05, 3.63) is 63.7 Å². The molecule has 3 aromatic rings. The molecule has 0 atom stereocenters. The van der Waals surface area contributed by atoms with Gasteiger partial charge in [0.15, 0.2) is 5.69 Å². The minimum Gasteiger partial charge on any atom is -0.464 e. The Labute approximate surface area is 167 Å². The molecular formula is C19H20ClN5O3. The second-order valence-corrected chi connectivity index (χ2v) is 6.73. The average molecular weight is 402 g/mol. The van der Waals surface area contributed by atoms with Gasteiger partial charge in [0, 0.05) is 18.8 Å². The smallest absolute Gasteiger partial charge is 0.360 e. The van der Waals surface area contributed by atoms with Crippen molar-refractivity contribution in [3.63, 3.8) is 0 Å². The third kappa shape index (κ3) is 3.91. The summed E-state index contributed by atoms with van der Waals surface area (Å²) >= 11 is 6.20. The van der Waals surface area contributed by atoms with Gasteiger partial charge in [0.2, 0.25) is 0 Å². The zero-order chi connectivity index (χ0) is 20.4. The third-order valence-electron chi connectivity index (χ3n) is 4.27. The van der Waals surface area contributed by atoms with Gasteiger partial charge in [-0.1, -0.05) is 23.7 Å². The molecule has 2 heterocycles. The number of carbonyl (C=O) groups is 2. The van der Waals surface area contributed by atoms with Gasteiger partial charge in [0.05, 0.1) is 35.8 Å². The lowest BCUT2D eigenvalue weighted by Crippen LogP contribution is -2.15. The first kappa shape index (κ1) is 19.6. The van der Waals surface area contributed by atoms with E-state index in [2.05, 4.69) is 15.5 Å². The van der Waals surface area contributed by atoms with Crippen molar-refractivity contribution in [2.75, 3.05) is 12.4 Å². The first-order valence-corrected chi connectivity index (χ1v) is 8.89. The summed E-state index contributed by atoms with van der Waals surface area (Å²) in [4.78, 5) is 24.5. The monoisotopic (exact) mass is 401 g/mol. The van der Waals surface area contributed by atoms with Crippen molar-refractivity contribution in [3.8, 4) is 0 Å². The van der Waals surface area contributed by atoms with Crippen molar-refractivity contribution in [2.24, 2.45) is 7.05 Å². The van der Waals surface area contributed by atoms with E-state index in [4.69, 9.17) is 16.3 Å². The number of methoxy groups -OCH3 is 1. The summed E-state index contributed by atoms with van der Waals surface area (Å²) in [6.07, 6.45) is 1.55. The van der Waals surface area contributed by atoms with Crippen LogP contribution in [0.25, 0.3) is 0 Å². The van der Waals surface area contributed by atoms with Gasteiger partial charge in [-0.25, -0.2) is 4.79 Å². The van der Waals surface area contributed by atoms with E-state index in [0.717, 1.165) is 17.0 Å². The van der Waals surface area contributed by atoms with Gasteiger partial charge in [0.1, 0.15) is 0 Å². The molecule has 28 heavy (non-hydrogen) atoms. The number of carbonyl (C=O) groups excluding carboxylic acids is 2. The molecule has 146 valence electrons. The Morgan fingerprint density at radius 3 is 2.64 bits per heavy atom. The maximum absolute atomic E-state index is 12.7. The number of nitrogens with one attached hydrogen (secondary N) is 1. The van der Waals surface area contributed by atoms with Crippen LogP contribution in [0, 0.1) is 13.8 Å². The standard InChI is InChI=1S/C19H20ClN5O3/c1-11-16(20)12(2)25(22-11)9-13-6-5-7-14(8-13)18(26)21-15-10-24(3)23-17(15)19(27)28-4/h5-8,10H,9H2,1-4H3,(H,21,26). The van der Waals surface area contributed by atoms with Crippen LogP contribution in [0.1, 0.15) is 37.8 Å². The third-order valence-corrected chi connectivity index (χ3v) is 4.82. The van der Waals surface area contributed by atoms with Crippen molar-refractivity contribution >= 4 is 29.2 Å². The number of amides is 1. The number of nitrogens with zero attached hydrogens (tertiary/aromatic N) is 4. The maximum Gasteiger partial charge on any atom is 0.360 e. The summed E-state index contributed by atoms with van der Waals surface area (Å²) in [5, 5.41) is 11.8. The first-order valence-electron chi connectivity index (χ1n) is 8.52. The van der Waals surface area contributed by atoms with E-state index in [1.165, 1.54) is 11.8 Å². The molecule has 0 bridgehead atoms. The minimum atomic E-state index is -0.619. The SMILES string of the molecule is COC(=O)c1nn(C)cc1NC(=O)c1cccc(Cn2nc(C)c(Cl)c2C)c1. The maximum atomic E-state index is 12.7. The zero-order valence-electron chi connectivity index (χ0n) is 16.0. The molecule has 1 aromatic carbocycles. The van der Waals surface area contributed by atoms with E-state index in [0.29, 0.717) is 17.1 Å². The molecule has 0 unspecified atom stereocenters. The number of rotatable bonds is 5. The molecule has 0 saturated carbocycles.